The number of amides is 1. The molecule has 1 aromatic carbocycles. The molecular formula is C13H20N4O3S. The molecule has 1 aliphatic rings. The molecule has 7 nitrogen and oxygen atoms in total. The molecule has 1 aromatic rings. The van der Waals surface area contributed by atoms with Crippen LogP contribution >= 0.6 is 0 Å². The average molecular weight is 312 g/mol. The van der Waals surface area contributed by atoms with Gasteiger partial charge in [-0.3, -0.25) is 4.79 Å². The molecule has 116 valence electrons. The van der Waals surface area contributed by atoms with Gasteiger partial charge in [0.2, 0.25) is 15.9 Å². The summed E-state index contributed by atoms with van der Waals surface area (Å²) in [5.41, 5.74) is 12.1. The molecular weight excluding hydrogens is 292 g/mol. The molecule has 8 heteroatoms. The molecule has 1 fully saturated rings. The highest BCUT2D eigenvalue weighted by atomic mass is 32.2. The Labute approximate surface area is 124 Å². The van der Waals surface area contributed by atoms with Gasteiger partial charge in [0.05, 0.1) is 5.69 Å². The van der Waals surface area contributed by atoms with Gasteiger partial charge in [0.15, 0.2) is 0 Å². The van der Waals surface area contributed by atoms with Crippen molar-refractivity contribution in [2.24, 2.45) is 5.73 Å². The van der Waals surface area contributed by atoms with Crippen LogP contribution in [0.4, 0.5) is 11.4 Å². The maximum atomic E-state index is 11.8. The Morgan fingerprint density at radius 1 is 1.38 bits per heavy atom. The highest BCUT2D eigenvalue weighted by Gasteiger charge is 2.28. The molecule has 0 spiro atoms. The highest BCUT2D eigenvalue weighted by molar-refractivity contribution is 7.89. The molecule has 1 aliphatic heterocycles. The number of primary amides is 1. The van der Waals surface area contributed by atoms with Crippen LogP contribution < -0.4 is 21.1 Å². The fourth-order valence-electron chi connectivity index (χ4n) is 2.61. The first-order chi connectivity index (χ1) is 9.86. The second-order valence-electron chi connectivity index (χ2n) is 5.04. The first-order valence-corrected chi connectivity index (χ1v) is 8.24. The summed E-state index contributed by atoms with van der Waals surface area (Å²) in [6, 6.07) is 4.31. The van der Waals surface area contributed by atoms with Gasteiger partial charge in [-0.1, -0.05) is 0 Å². The van der Waals surface area contributed by atoms with Gasteiger partial charge in [0.1, 0.15) is 10.9 Å². The summed E-state index contributed by atoms with van der Waals surface area (Å²) in [5.74, 6) is -0.375. The van der Waals surface area contributed by atoms with E-state index >= 15 is 0 Å². The zero-order valence-electron chi connectivity index (χ0n) is 11.9. The predicted molar refractivity (Wildman–Crippen MR) is 81.3 cm³/mol. The molecule has 1 heterocycles. The number of hydrogen-bond donors (Lipinski definition) is 3. The third kappa shape index (κ3) is 3.11. The minimum Gasteiger partial charge on any atom is -0.398 e. The fraction of sp³-hybridized carbons (Fsp3) is 0.462. The van der Waals surface area contributed by atoms with Crippen molar-refractivity contribution < 1.29 is 13.2 Å². The summed E-state index contributed by atoms with van der Waals surface area (Å²) in [5, 5.41) is 0. The van der Waals surface area contributed by atoms with Gasteiger partial charge >= 0.3 is 0 Å². The molecule has 2 rings (SSSR count). The lowest BCUT2D eigenvalue weighted by Gasteiger charge is -2.35. The molecule has 0 aromatic heterocycles. The summed E-state index contributed by atoms with van der Waals surface area (Å²) < 4.78 is 25.8. The Hall–Kier alpha value is -1.80. The average Bonchev–Trinajstić information content (AvgIpc) is 2.46. The highest BCUT2D eigenvalue weighted by Crippen LogP contribution is 2.29. The summed E-state index contributed by atoms with van der Waals surface area (Å²) in [4.78, 5) is 13.5. The van der Waals surface area contributed by atoms with Crippen molar-refractivity contribution in [3.05, 3.63) is 18.2 Å². The Balaban J connectivity index is 2.37. The van der Waals surface area contributed by atoms with Gasteiger partial charge < -0.3 is 16.4 Å². The maximum absolute atomic E-state index is 11.8. The smallest absolute Gasteiger partial charge is 0.242 e. The fourth-order valence-corrected chi connectivity index (χ4v) is 3.44. The van der Waals surface area contributed by atoms with E-state index in [0.717, 1.165) is 12.8 Å². The van der Waals surface area contributed by atoms with E-state index in [0.29, 0.717) is 18.7 Å². The number of sulfonamides is 1. The van der Waals surface area contributed by atoms with Crippen molar-refractivity contribution in [2.45, 2.75) is 30.2 Å². The standard InChI is InChI=1S/C13H20N4O3S/c1-16-21(19,20)12-6-5-9(8-10(12)14)17-7-3-2-4-11(17)13(15)18/h5-6,8,11,16H,2-4,7,14H2,1H3,(H2,15,18). The van der Waals surface area contributed by atoms with Crippen LogP contribution in [0.1, 0.15) is 19.3 Å². The van der Waals surface area contributed by atoms with Gasteiger partial charge in [0, 0.05) is 12.2 Å². The van der Waals surface area contributed by atoms with Crippen LogP contribution in [0.5, 0.6) is 0 Å². The number of anilines is 2. The van der Waals surface area contributed by atoms with E-state index in [1.807, 2.05) is 4.90 Å². The van der Waals surface area contributed by atoms with Gasteiger partial charge in [0.25, 0.3) is 0 Å². The molecule has 1 unspecified atom stereocenters. The topological polar surface area (TPSA) is 119 Å². The van der Waals surface area contributed by atoms with Crippen molar-refractivity contribution in [3.8, 4) is 0 Å². The quantitative estimate of drug-likeness (QED) is 0.677. The number of carbonyl (C=O) groups excluding carboxylic acids is 1. The van der Waals surface area contributed by atoms with Crippen LogP contribution in [0, 0.1) is 0 Å². The van der Waals surface area contributed by atoms with Crippen molar-refractivity contribution in [3.63, 3.8) is 0 Å². The predicted octanol–water partition coefficient (Wildman–Crippen LogP) is 0.0211. The van der Waals surface area contributed by atoms with Crippen LogP contribution in [-0.2, 0) is 14.8 Å². The number of nitrogens with two attached hydrogens (primary N) is 2. The zero-order valence-corrected chi connectivity index (χ0v) is 12.7. The molecule has 21 heavy (non-hydrogen) atoms. The Morgan fingerprint density at radius 3 is 2.67 bits per heavy atom. The van der Waals surface area contributed by atoms with Gasteiger partial charge in [-0.05, 0) is 44.5 Å². The Morgan fingerprint density at radius 2 is 2.10 bits per heavy atom. The van der Waals surface area contributed by atoms with E-state index in [4.69, 9.17) is 11.5 Å². The normalized spacial score (nSPS) is 19.5. The van der Waals surface area contributed by atoms with Gasteiger partial charge in [-0.2, -0.15) is 0 Å². The molecule has 1 saturated heterocycles. The van der Waals surface area contributed by atoms with Crippen molar-refractivity contribution in [1.82, 2.24) is 4.72 Å². The van der Waals surface area contributed by atoms with E-state index < -0.39 is 10.0 Å². The monoisotopic (exact) mass is 312 g/mol. The summed E-state index contributed by atoms with van der Waals surface area (Å²) in [6.07, 6.45) is 2.61. The Kier molecular flexibility index (Phi) is 4.38. The second kappa shape index (κ2) is 5.90. The van der Waals surface area contributed by atoms with Crippen LogP contribution in [0.15, 0.2) is 23.1 Å². The van der Waals surface area contributed by atoms with Gasteiger partial charge in [-0.25, -0.2) is 13.1 Å². The van der Waals surface area contributed by atoms with E-state index in [9.17, 15) is 13.2 Å². The third-order valence-corrected chi connectivity index (χ3v) is 5.20. The number of rotatable bonds is 4. The molecule has 0 radical (unpaired) electrons. The van der Waals surface area contributed by atoms with Crippen LogP contribution in [0.3, 0.4) is 0 Å². The van der Waals surface area contributed by atoms with E-state index in [-0.39, 0.29) is 22.5 Å². The maximum Gasteiger partial charge on any atom is 0.242 e. The minimum atomic E-state index is -3.59. The zero-order chi connectivity index (χ0) is 15.6. The molecule has 1 amide bonds. The first-order valence-electron chi connectivity index (χ1n) is 6.76. The van der Waals surface area contributed by atoms with Crippen molar-refractivity contribution in [2.75, 3.05) is 24.2 Å². The lowest BCUT2D eigenvalue weighted by Crippen LogP contribution is -2.47. The number of nitrogens with zero attached hydrogens (tertiary/aromatic N) is 1. The van der Waals surface area contributed by atoms with Crippen molar-refractivity contribution in [1.29, 1.82) is 0 Å². The molecule has 5 N–H and O–H groups in total. The van der Waals surface area contributed by atoms with Crippen LogP contribution in [0.25, 0.3) is 0 Å². The number of benzene rings is 1. The lowest BCUT2D eigenvalue weighted by molar-refractivity contribution is -0.119. The summed E-state index contributed by atoms with van der Waals surface area (Å²) >= 11 is 0. The first kappa shape index (κ1) is 15.6. The number of piperidine rings is 1. The van der Waals surface area contributed by atoms with Gasteiger partial charge in [-0.15, -0.1) is 0 Å². The molecule has 0 bridgehead atoms. The minimum absolute atomic E-state index is 0.0291. The number of hydrogen-bond acceptors (Lipinski definition) is 5. The second-order valence-corrected chi connectivity index (χ2v) is 6.89. The lowest BCUT2D eigenvalue weighted by atomic mass is 10.0. The number of nitrogens with one attached hydrogen (secondary N) is 1. The van der Waals surface area contributed by atoms with Crippen LogP contribution in [-0.4, -0.2) is 34.0 Å². The van der Waals surface area contributed by atoms with Crippen LogP contribution in [0.2, 0.25) is 0 Å². The van der Waals surface area contributed by atoms with E-state index in [2.05, 4.69) is 4.72 Å². The summed E-state index contributed by atoms with van der Waals surface area (Å²) in [7, 11) is -2.26. The molecule has 1 atom stereocenters. The summed E-state index contributed by atoms with van der Waals surface area (Å²) in [6.45, 7) is 0.700. The largest absolute Gasteiger partial charge is 0.398 e. The Bertz CT molecular complexity index is 645. The van der Waals surface area contributed by atoms with E-state index in [1.165, 1.54) is 13.1 Å². The molecule has 0 aliphatic carbocycles. The molecule has 0 saturated carbocycles. The van der Waals surface area contributed by atoms with E-state index in [1.54, 1.807) is 12.1 Å². The number of nitrogen functional groups attached to an aromatic ring is 1. The SMILES string of the molecule is CNS(=O)(=O)c1ccc(N2CCCCC2C(N)=O)cc1N. The number of carbonyl (C=O) groups is 1. The van der Waals surface area contributed by atoms with Crippen molar-refractivity contribution >= 4 is 27.3 Å². The third-order valence-electron chi connectivity index (χ3n) is 3.71.